The average molecular weight is 383 g/mol. The molecule has 0 aliphatic rings. The molecule has 0 aliphatic heterocycles. The van der Waals surface area contributed by atoms with E-state index in [0.29, 0.717) is 11.3 Å². The molecule has 7 heteroatoms. The molecular weight excluding hydrogens is 364 g/mol. The summed E-state index contributed by atoms with van der Waals surface area (Å²) in [5, 5.41) is 3.10. The molecule has 0 saturated carbocycles. The summed E-state index contributed by atoms with van der Waals surface area (Å²) in [5.74, 6) is 0.161. The van der Waals surface area contributed by atoms with Crippen molar-refractivity contribution < 1.29 is 9.53 Å². The van der Waals surface area contributed by atoms with Gasteiger partial charge in [-0.2, -0.15) is 4.98 Å². The predicted molar refractivity (Wildman–Crippen MR) is 106 cm³/mol. The van der Waals surface area contributed by atoms with Gasteiger partial charge in [-0.05, 0) is 43.7 Å². The number of nitrogens with zero attached hydrogens (tertiary/aromatic N) is 2. The second-order valence-electron chi connectivity index (χ2n) is 6.09. The third kappa shape index (κ3) is 4.74. The smallest absolute Gasteiger partial charge is 0.259 e. The highest BCUT2D eigenvalue weighted by molar-refractivity contribution is 6.29. The summed E-state index contributed by atoms with van der Waals surface area (Å²) in [7, 11) is 0. The van der Waals surface area contributed by atoms with Gasteiger partial charge in [0, 0.05) is 11.3 Å². The highest BCUT2D eigenvalue weighted by atomic mass is 35.5. The van der Waals surface area contributed by atoms with E-state index >= 15 is 0 Å². The molecule has 6 nitrogen and oxygen atoms in total. The third-order valence-electron chi connectivity index (χ3n) is 3.92. The number of aromatic nitrogens is 2. The average Bonchev–Trinajstić information content (AvgIpc) is 2.65. The summed E-state index contributed by atoms with van der Waals surface area (Å²) < 4.78 is 5.78. The molecule has 3 N–H and O–H groups in total. The minimum atomic E-state index is -0.365. The zero-order valence-electron chi connectivity index (χ0n) is 14.9. The van der Waals surface area contributed by atoms with Crippen LogP contribution in [0.5, 0.6) is 5.88 Å². The number of carbonyl (C=O) groups excluding carboxylic acids is 1. The fraction of sp³-hybridized carbons (Fsp3) is 0.150. The molecule has 0 fully saturated rings. The van der Waals surface area contributed by atoms with E-state index in [-0.39, 0.29) is 28.9 Å². The molecule has 27 heavy (non-hydrogen) atoms. The van der Waals surface area contributed by atoms with Crippen LogP contribution in [0.2, 0.25) is 5.15 Å². The lowest BCUT2D eigenvalue weighted by Gasteiger charge is -2.16. The fourth-order valence-corrected chi connectivity index (χ4v) is 2.67. The van der Waals surface area contributed by atoms with Crippen molar-refractivity contribution >= 4 is 29.0 Å². The lowest BCUT2D eigenvalue weighted by Crippen LogP contribution is -2.13. The predicted octanol–water partition coefficient (Wildman–Crippen LogP) is 4.41. The Balaban J connectivity index is 1.74. The first-order valence-electron chi connectivity index (χ1n) is 8.35. The first-order valence-corrected chi connectivity index (χ1v) is 8.73. The van der Waals surface area contributed by atoms with Crippen molar-refractivity contribution in [2.24, 2.45) is 0 Å². The summed E-state index contributed by atoms with van der Waals surface area (Å²) in [4.78, 5) is 20.4. The maximum Gasteiger partial charge on any atom is 0.259 e. The minimum Gasteiger partial charge on any atom is -0.467 e. The quantitative estimate of drug-likeness (QED) is 0.682. The summed E-state index contributed by atoms with van der Waals surface area (Å²) in [6, 6.07) is 14.8. The summed E-state index contributed by atoms with van der Waals surface area (Å²) in [6.45, 7) is 3.80. The number of benzene rings is 2. The second kappa shape index (κ2) is 8.05. The number of nitrogen functional groups attached to an aromatic ring is 1. The topological polar surface area (TPSA) is 90.1 Å². The zero-order valence-corrected chi connectivity index (χ0v) is 15.7. The molecule has 0 radical (unpaired) electrons. The molecule has 1 unspecified atom stereocenters. The van der Waals surface area contributed by atoms with Crippen LogP contribution in [0.4, 0.5) is 11.5 Å². The van der Waals surface area contributed by atoms with E-state index in [4.69, 9.17) is 22.1 Å². The highest BCUT2D eigenvalue weighted by Gasteiger charge is 2.13. The van der Waals surface area contributed by atoms with Gasteiger partial charge < -0.3 is 15.8 Å². The Morgan fingerprint density at radius 2 is 2.00 bits per heavy atom. The van der Waals surface area contributed by atoms with E-state index in [2.05, 4.69) is 15.3 Å². The molecule has 1 aromatic heterocycles. The fourth-order valence-electron chi connectivity index (χ4n) is 2.54. The Morgan fingerprint density at radius 3 is 2.78 bits per heavy atom. The number of carbonyl (C=O) groups is 1. The largest absolute Gasteiger partial charge is 0.467 e. The molecule has 138 valence electrons. The highest BCUT2D eigenvalue weighted by Crippen LogP contribution is 2.26. The zero-order chi connectivity index (χ0) is 19.4. The lowest BCUT2D eigenvalue weighted by atomic mass is 10.1. The van der Waals surface area contributed by atoms with Crippen LogP contribution < -0.4 is 15.8 Å². The number of ether oxygens (including phenoxy) is 1. The van der Waals surface area contributed by atoms with Crippen LogP contribution in [0.15, 0.2) is 54.7 Å². The van der Waals surface area contributed by atoms with Crippen LogP contribution >= 0.6 is 11.6 Å². The number of amides is 1. The number of nitrogens with one attached hydrogen (secondary N) is 1. The minimum absolute atomic E-state index is 0.162. The van der Waals surface area contributed by atoms with Crippen LogP contribution in [0.25, 0.3) is 0 Å². The Kier molecular flexibility index (Phi) is 5.57. The molecule has 0 aliphatic carbocycles. The molecule has 0 saturated heterocycles. The number of anilines is 2. The molecule has 3 aromatic rings. The van der Waals surface area contributed by atoms with Crippen LogP contribution in [0.1, 0.15) is 34.5 Å². The Morgan fingerprint density at radius 1 is 1.22 bits per heavy atom. The van der Waals surface area contributed by atoms with E-state index in [1.54, 1.807) is 6.07 Å². The summed E-state index contributed by atoms with van der Waals surface area (Å²) >= 11 is 5.84. The van der Waals surface area contributed by atoms with Crippen LogP contribution in [0, 0.1) is 6.92 Å². The van der Waals surface area contributed by atoms with Gasteiger partial charge in [0.1, 0.15) is 6.10 Å². The Hall–Kier alpha value is -3.12. The Bertz CT molecular complexity index is 978. The standard InChI is InChI=1S/C20H19ClN4O2/c1-12-5-3-7-15(9-12)19(26)24-16-8-4-6-14(10-16)13(2)27-20-18(22)23-11-17(21)25-20/h3-11,13H,1-2H3,(H2,22,23)(H,24,26). The van der Waals surface area contributed by atoms with Crippen LogP contribution in [0.3, 0.4) is 0 Å². The van der Waals surface area contributed by atoms with Gasteiger partial charge in [-0.1, -0.05) is 41.4 Å². The lowest BCUT2D eigenvalue weighted by molar-refractivity contribution is 0.102. The van der Waals surface area contributed by atoms with Gasteiger partial charge in [0.15, 0.2) is 11.0 Å². The maximum atomic E-state index is 12.4. The summed E-state index contributed by atoms with van der Waals surface area (Å²) in [5.41, 5.74) is 8.92. The number of nitrogens with two attached hydrogens (primary N) is 1. The van der Waals surface area contributed by atoms with Crippen molar-refractivity contribution in [2.45, 2.75) is 20.0 Å². The SMILES string of the molecule is Cc1cccc(C(=O)Nc2cccc(C(C)Oc3nc(Cl)cnc3N)c2)c1. The van der Waals surface area contributed by atoms with Crippen molar-refractivity contribution in [1.29, 1.82) is 0 Å². The number of aryl methyl sites for hydroxylation is 1. The first kappa shape index (κ1) is 18.7. The van der Waals surface area contributed by atoms with Gasteiger partial charge in [-0.25, -0.2) is 4.98 Å². The van der Waals surface area contributed by atoms with Gasteiger partial charge in [0.25, 0.3) is 11.8 Å². The number of hydrogen-bond donors (Lipinski definition) is 2. The molecule has 0 spiro atoms. The maximum absolute atomic E-state index is 12.4. The van der Waals surface area contributed by atoms with Crippen molar-refractivity contribution in [2.75, 3.05) is 11.1 Å². The molecule has 0 bridgehead atoms. The van der Waals surface area contributed by atoms with E-state index in [1.807, 2.05) is 56.3 Å². The molecule has 1 atom stereocenters. The van der Waals surface area contributed by atoms with E-state index < -0.39 is 0 Å². The number of hydrogen-bond acceptors (Lipinski definition) is 5. The van der Waals surface area contributed by atoms with E-state index in [9.17, 15) is 4.79 Å². The number of rotatable bonds is 5. The molecule has 3 rings (SSSR count). The second-order valence-corrected chi connectivity index (χ2v) is 6.48. The number of halogens is 1. The van der Waals surface area contributed by atoms with E-state index in [0.717, 1.165) is 11.1 Å². The van der Waals surface area contributed by atoms with Crippen LogP contribution in [-0.2, 0) is 0 Å². The van der Waals surface area contributed by atoms with Gasteiger partial charge in [0.2, 0.25) is 0 Å². The third-order valence-corrected chi connectivity index (χ3v) is 4.10. The first-order chi connectivity index (χ1) is 12.9. The van der Waals surface area contributed by atoms with Gasteiger partial charge >= 0.3 is 0 Å². The molecule has 2 aromatic carbocycles. The summed E-state index contributed by atoms with van der Waals surface area (Å²) in [6.07, 6.45) is 0.992. The normalized spacial score (nSPS) is 11.7. The van der Waals surface area contributed by atoms with E-state index in [1.165, 1.54) is 6.20 Å². The molecule has 1 heterocycles. The van der Waals surface area contributed by atoms with Crippen LogP contribution in [-0.4, -0.2) is 15.9 Å². The van der Waals surface area contributed by atoms with Crippen molar-refractivity contribution in [3.05, 3.63) is 76.6 Å². The van der Waals surface area contributed by atoms with Gasteiger partial charge in [-0.3, -0.25) is 4.79 Å². The van der Waals surface area contributed by atoms with Crippen molar-refractivity contribution in [1.82, 2.24) is 9.97 Å². The molecular formula is C20H19ClN4O2. The van der Waals surface area contributed by atoms with Gasteiger partial charge in [-0.15, -0.1) is 0 Å². The van der Waals surface area contributed by atoms with Crippen molar-refractivity contribution in [3.63, 3.8) is 0 Å². The monoisotopic (exact) mass is 382 g/mol. The van der Waals surface area contributed by atoms with Gasteiger partial charge in [0.05, 0.1) is 6.20 Å². The molecule has 1 amide bonds. The van der Waals surface area contributed by atoms with Crippen molar-refractivity contribution in [3.8, 4) is 5.88 Å². The Labute approximate surface area is 162 Å².